The molecule has 4 nitrogen and oxygen atoms in total. The highest BCUT2D eigenvalue weighted by Gasteiger charge is 2.04. The monoisotopic (exact) mass is 209 g/mol. The fraction of sp³-hybridized carbons (Fsp3) is 0. The van der Waals surface area contributed by atoms with Gasteiger partial charge in [0.15, 0.2) is 4.98 Å². The van der Waals surface area contributed by atoms with Gasteiger partial charge in [0.1, 0.15) is 0 Å². The van der Waals surface area contributed by atoms with E-state index in [9.17, 15) is 0 Å². The van der Waals surface area contributed by atoms with Crippen LogP contribution in [0.15, 0.2) is 53.6 Å². The van der Waals surface area contributed by atoms with E-state index in [2.05, 4.69) is 10.1 Å². The molecule has 2 rings (SSSR count). The Morgan fingerprint density at radius 3 is 1.81 bits per heavy atom. The lowest BCUT2D eigenvalue weighted by Gasteiger charge is -1.99. The molecule has 0 aromatic heterocycles. The summed E-state index contributed by atoms with van der Waals surface area (Å²) in [5.41, 5.74) is 10.1. The lowest BCUT2D eigenvalue weighted by molar-refractivity contribution is 1.15. The first kappa shape index (κ1) is 9.99. The molecule has 0 fully saturated rings. The van der Waals surface area contributed by atoms with Crippen LogP contribution in [-0.4, -0.2) is 0 Å². The van der Waals surface area contributed by atoms with Crippen molar-refractivity contribution in [2.45, 2.75) is 0 Å². The summed E-state index contributed by atoms with van der Waals surface area (Å²) in [7, 11) is 0. The summed E-state index contributed by atoms with van der Waals surface area (Å²) in [6.07, 6.45) is 0. The number of rotatable bonds is 2. The summed E-state index contributed by atoms with van der Waals surface area (Å²) in [5.74, 6) is 0. The summed E-state index contributed by atoms with van der Waals surface area (Å²) >= 11 is 0. The maximum Gasteiger partial charge on any atom is 0.385 e. The fourth-order valence-electron chi connectivity index (χ4n) is 1.45. The van der Waals surface area contributed by atoms with Crippen molar-refractivity contribution in [2.24, 2.45) is 5.11 Å². The second-order valence-electron chi connectivity index (χ2n) is 3.31. The van der Waals surface area contributed by atoms with E-state index in [1.807, 2.05) is 24.3 Å². The number of nitrogens with one attached hydrogen (secondary N) is 1. The minimum Gasteiger partial charge on any atom is -0.204 e. The minimum absolute atomic E-state index is 0.529. The minimum atomic E-state index is 0.529. The largest absolute Gasteiger partial charge is 0.385 e. The highest BCUT2D eigenvalue weighted by molar-refractivity contribution is 5.67. The molecule has 0 aliphatic carbocycles. The third kappa shape index (κ3) is 1.93. The molecule has 16 heavy (non-hydrogen) atoms. The van der Waals surface area contributed by atoms with Crippen LogP contribution in [0.4, 0.5) is 11.4 Å². The van der Waals surface area contributed by atoms with Gasteiger partial charge < -0.3 is 0 Å². The van der Waals surface area contributed by atoms with Crippen LogP contribution in [-0.2, 0) is 0 Å². The maximum atomic E-state index is 8.56. The molecule has 0 saturated heterocycles. The zero-order valence-electron chi connectivity index (χ0n) is 8.46. The molecule has 0 amide bonds. The van der Waals surface area contributed by atoms with Crippen LogP contribution in [0.1, 0.15) is 0 Å². The van der Waals surface area contributed by atoms with E-state index in [1.54, 1.807) is 24.3 Å². The Balaban J connectivity index is 2.35. The van der Waals surface area contributed by atoms with Gasteiger partial charge in [0.05, 0.1) is 5.69 Å². The molecule has 0 saturated carbocycles. The van der Waals surface area contributed by atoms with Gasteiger partial charge in [-0.15, -0.1) is 0 Å². The van der Waals surface area contributed by atoms with E-state index < -0.39 is 0 Å². The lowest BCUT2D eigenvalue weighted by Crippen LogP contribution is -1.75. The molecular formula is C12H9N4+. The van der Waals surface area contributed by atoms with Crippen LogP contribution in [0, 0.1) is 10.9 Å². The number of hydrogen-bond acceptors (Lipinski definition) is 3. The van der Waals surface area contributed by atoms with Crippen LogP contribution in [0.2, 0.25) is 0 Å². The quantitative estimate of drug-likeness (QED) is 0.574. The molecule has 0 unspecified atom stereocenters. The van der Waals surface area contributed by atoms with Crippen molar-refractivity contribution in [2.75, 3.05) is 0 Å². The van der Waals surface area contributed by atoms with Crippen LogP contribution in [0.3, 0.4) is 0 Å². The van der Waals surface area contributed by atoms with E-state index in [0.717, 1.165) is 11.1 Å². The molecule has 0 heterocycles. The second kappa shape index (κ2) is 4.32. The third-order valence-corrected chi connectivity index (χ3v) is 2.31. The first-order chi connectivity index (χ1) is 7.83. The van der Waals surface area contributed by atoms with Gasteiger partial charge in [-0.05, 0) is 35.4 Å². The molecule has 0 aliphatic heterocycles. The third-order valence-electron chi connectivity index (χ3n) is 2.31. The molecule has 4 heteroatoms. The van der Waals surface area contributed by atoms with E-state index >= 15 is 0 Å². The normalized spacial score (nSPS) is 9.44. The van der Waals surface area contributed by atoms with Gasteiger partial charge in [0.25, 0.3) is 0 Å². The number of benzene rings is 2. The van der Waals surface area contributed by atoms with Crippen molar-refractivity contribution in [1.82, 2.24) is 0 Å². The van der Waals surface area contributed by atoms with Crippen molar-refractivity contribution >= 4 is 11.4 Å². The van der Waals surface area contributed by atoms with E-state index in [1.165, 1.54) is 0 Å². The van der Waals surface area contributed by atoms with Crippen molar-refractivity contribution in [3.8, 4) is 11.1 Å². The Labute approximate surface area is 92.7 Å². The topological polar surface area (TPSA) is 64.4 Å². The van der Waals surface area contributed by atoms with E-state index in [4.69, 9.17) is 10.9 Å². The summed E-state index contributed by atoms with van der Waals surface area (Å²) in [5, 5.41) is 11.9. The predicted molar refractivity (Wildman–Crippen MR) is 61.4 cm³/mol. The molecule has 0 radical (unpaired) electrons. The molecule has 0 spiro atoms. The van der Waals surface area contributed by atoms with Crippen molar-refractivity contribution < 1.29 is 0 Å². The van der Waals surface area contributed by atoms with Gasteiger partial charge in [-0.25, -0.2) is 5.53 Å². The van der Waals surface area contributed by atoms with Crippen LogP contribution in [0.25, 0.3) is 16.1 Å². The maximum absolute atomic E-state index is 8.56. The van der Waals surface area contributed by atoms with Gasteiger partial charge in [0.2, 0.25) is 5.39 Å². The van der Waals surface area contributed by atoms with Crippen molar-refractivity contribution in [1.29, 1.82) is 10.9 Å². The zero-order chi connectivity index (χ0) is 11.4. The summed E-state index contributed by atoms with van der Waals surface area (Å²) in [6, 6.07) is 14.6. The fourth-order valence-corrected chi connectivity index (χ4v) is 1.45. The Morgan fingerprint density at radius 2 is 1.38 bits per heavy atom. The van der Waals surface area contributed by atoms with E-state index in [0.29, 0.717) is 11.4 Å². The van der Waals surface area contributed by atoms with Gasteiger partial charge >= 0.3 is 5.69 Å². The summed E-state index contributed by atoms with van der Waals surface area (Å²) < 4.78 is 0. The van der Waals surface area contributed by atoms with Gasteiger partial charge in [-0.3, -0.25) is 0 Å². The first-order valence-electron chi connectivity index (χ1n) is 4.76. The Kier molecular flexibility index (Phi) is 2.70. The summed E-state index contributed by atoms with van der Waals surface area (Å²) in [4.78, 5) is 3.09. The zero-order valence-corrected chi connectivity index (χ0v) is 8.46. The van der Waals surface area contributed by atoms with E-state index in [-0.39, 0.29) is 0 Å². The average molecular weight is 209 g/mol. The average Bonchev–Trinajstić information content (AvgIpc) is 2.39. The molecule has 0 bridgehead atoms. The predicted octanol–water partition coefficient (Wildman–Crippen LogP) is 4.50. The molecular weight excluding hydrogens is 200 g/mol. The Hall–Kier alpha value is -2.54. The highest BCUT2D eigenvalue weighted by Crippen LogP contribution is 2.24. The molecule has 0 atom stereocenters. The standard InChI is InChI=1S/C12H9N4/c13-15-11-5-1-9(2-6-11)10-3-7-12(16-14)8-4-10/h1-8,13H/q+1. The van der Waals surface area contributed by atoms with Crippen LogP contribution >= 0.6 is 0 Å². The van der Waals surface area contributed by atoms with Crippen molar-refractivity contribution in [3.63, 3.8) is 0 Å². The first-order valence-corrected chi connectivity index (χ1v) is 4.76. The van der Waals surface area contributed by atoms with Gasteiger partial charge in [0, 0.05) is 12.1 Å². The number of diazo groups is 1. The molecule has 2 aromatic rings. The van der Waals surface area contributed by atoms with Gasteiger partial charge in [-0.1, -0.05) is 12.1 Å². The Bertz CT molecular complexity index is 535. The molecule has 2 aromatic carbocycles. The van der Waals surface area contributed by atoms with Crippen LogP contribution < -0.4 is 0 Å². The lowest BCUT2D eigenvalue weighted by atomic mass is 10.1. The Morgan fingerprint density at radius 1 is 0.875 bits per heavy atom. The van der Waals surface area contributed by atoms with Crippen molar-refractivity contribution in [3.05, 3.63) is 53.5 Å². The molecule has 1 N–H and O–H groups in total. The number of hydrogen-bond donors (Lipinski definition) is 1. The highest BCUT2D eigenvalue weighted by atomic mass is 14.9. The smallest absolute Gasteiger partial charge is 0.204 e. The summed E-state index contributed by atoms with van der Waals surface area (Å²) in [6.45, 7) is 0. The van der Waals surface area contributed by atoms with Crippen LogP contribution in [0.5, 0.6) is 0 Å². The van der Waals surface area contributed by atoms with Gasteiger partial charge in [-0.2, -0.15) is 5.11 Å². The SMILES string of the molecule is N#[N+]c1ccc(-c2ccc(N=N)cc2)cc1. The molecule has 0 aliphatic rings. The number of nitrogens with zero attached hydrogens (tertiary/aromatic N) is 3. The molecule has 76 valence electrons. The second-order valence-corrected chi connectivity index (χ2v) is 3.31.